The fourth-order valence-corrected chi connectivity index (χ4v) is 3.95. The second-order valence-corrected chi connectivity index (χ2v) is 7.27. The highest BCUT2D eigenvalue weighted by molar-refractivity contribution is 9.10. The molecule has 0 radical (unpaired) electrons. The summed E-state index contributed by atoms with van der Waals surface area (Å²) in [5, 5.41) is 3.24. The lowest BCUT2D eigenvalue weighted by molar-refractivity contribution is -0.134. The maximum Gasteiger partial charge on any atom is 0.226 e. The summed E-state index contributed by atoms with van der Waals surface area (Å²) in [5.41, 5.74) is 1.30. The van der Waals surface area contributed by atoms with Crippen molar-refractivity contribution in [2.75, 3.05) is 26.7 Å². The van der Waals surface area contributed by atoms with Gasteiger partial charge >= 0.3 is 0 Å². The molecule has 122 valence electrons. The Hall–Kier alpha value is -0.580. The van der Waals surface area contributed by atoms with Gasteiger partial charge in [-0.3, -0.25) is 4.79 Å². The standard InChI is InChI=1S/C17H23BrN2O.ClH/c1-19-10-12-4-3-7-20(11-12)17(21)16-9-15(16)13-5-2-6-14(18)8-13;/h2,5-6,8,12,15-16,19H,3-4,7,9-11H2,1H3;1H. The Balaban J connectivity index is 0.00000176. The van der Waals surface area contributed by atoms with E-state index in [1.54, 1.807) is 0 Å². The molecule has 0 bridgehead atoms. The third-order valence-corrected chi connectivity index (χ3v) is 5.20. The Morgan fingerprint density at radius 3 is 3.00 bits per heavy atom. The molecule has 3 unspecified atom stereocenters. The van der Waals surface area contributed by atoms with Crippen LogP contribution in [-0.4, -0.2) is 37.5 Å². The van der Waals surface area contributed by atoms with Crippen LogP contribution in [0.3, 0.4) is 0 Å². The van der Waals surface area contributed by atoms with Gasteiger partial charge in [-0.2, -0.15) is 0 Å². The van der Waals surface area contributed by atoms with Crippen molar-refractivity contribution in [2.24, 2.45) is 11.8 Å². The number of nitrogens with one attached hydrogen (secondary N) is 1. The molecule has 3 rings (SSSR count). The van der Waals surface area contributed by atoms with Gasteiger partial charge in [-0.1, -0.05) is 28.1 Å². The van der Waals surface area contributed by atoms with Crippen molar-refractivity contribution in [3.05, 3.63) is 34.3 Å². The summed E-state index contributed by atoms with van der Waals surface area (Å²) in [6, 6.07) is 8.39. The fraction of sp³-hybridized carbons (Fsp3) is 0.588. The third-order valence-electron chi connectivity index (χ3n) is 4.71. The number of nitrogens with zero attached hydrogens (tertiary/aromatic N) is 1. The first-order chi connectivity index (χ1) is 10.2. The summed E-state index contributed by atoms with van der Waals surface area (Å²) in [4.78, 5) is 14.8. The molecule has 1 heterocycles. The van der Waals surface area contributed by atoms with Crippen LogP contribution in [0, 0.1) is 11.8 Å². The van der Waals surface area contributed by atoms with Crippen LogP contribution in [0.25, 0.3) is 0 Å². The van der Waals surface area contributed by atoms with Gasteiger partial charge in [0.25, 0.3) is 0 Å². The molecule has 1 N–H and O–H groups in total. The van der Waals surface area contributed by atoms with E-state index in [1.165, 1.54) is 12.0 Å². The first-order valence-corrected chi connectivity index (χ1v) is 8.67. The number of carbonyl (C=O) groups excluding carboxylic acids is 1. The van der Waals surface area contributed by atoms with Crippen LogP contribution in [0.4, 0.5) is 0 Å². The molecule has 1 amide bonds. The smallest absolute Gasteiger partial charge is 0.226 e. The molecule has 3 nitrogen and oxygen atoms in total. The minimum atomic E-state index is 0. The van der Waals surface area contributed by atoms with Gasteiger partial charge in [0.15, 0.2) is 0 Å². The number of hydrogen-bond donors (Lipinski definition) is 1. The average molecular weight is 388 g/mol. The predicted molar refractivity (Wildman–Crippen MR) is 95.5 cm³/mol. The molecule has 0 spiro atoms. The van der Waals surface area contributed by atoms with Gasteiger partial charge in [-0.25, -0.2) is 0 Å². The zero-order valence-electron chi connectivity index (χ0n) is 12.9. The Bertz CT molecular complexity index is 523. The van der Waals surface area contributed by atoms with Crippen LogP contribution in [0.15, 0.2) is 28.7 Å². The number of benzene rings is 1. The summed E-state index contributed by atoms with van der Waals surface area (Å²) >= 11 is 3.51. The second kappa shape index (κ2) is 7.80. The summed E-state index contributed by atoms with van der Waals surface area (Å²) in [6.07, 6.45) is 3.40. The van der Waals surface area contributed by atoms with Crippen LogP contribution < -0.4 is 5.32 Å². The maximum atomic E-state index is 12.7. The third kappa shape index (κ3) is 4.03. The van der Waals surface area contributed by atoms with E-state index < -0.39 is 0 Å². The van der Waals surface area contributed by atoms with Crippen molar-refractivity contribution in [3.8, 4) is 0 Å². The van der Waals surface area contributed by atoms with Crippen molar-refractivity contribution in [2.45, 2.75) is 25.2 Å². The van der Waals surface area contributed by atoms with E-state index in [-0.39, 0.29) is 18.3 Å². The molecule has 1 aromatic carbocycles. The lowest BCUT2D eigenvalue weighted by Crippen LogP contribution is -2.43. The van der Waals surface area contributed by atoms with Crippen molar-refractivity contribution in [3.63, 3.8) is 0 Å². The van der Waals surface area contributed by atoms with E-state index in [2.05, 4.69) is 44.3 Å². The SMILES string of the molecule is CNCC1CCCN(C(=O)C2CC2c2cccc(Br)c2)C1.Cl. The lowest BCUT2D eigenvalue weighted by Gasteiger charge is -2.33. The summed E-state index contributed by atoms with van der Waals surface area (Å²) in [5.74, 6) is 1.64. The number of piperidine rings is 1. The molecule has 22 heavy (non-hydrogen) atoms. The normalized spacial score (nSPS) is 27.2. The average Bonchev–Trinajstić information content (AvgIpc) is 3.28. The molecule has 1 saturated carbocycles. The maximum absolute atomic E-state index is 12.7. The minimum absolute atomic E-state index is 0. The van der Waals surface area contributed by atoms with E-state index >= 15 is 0 Å². The number of amides is 1. The zero-order chi connectivity index (χ0) is 14.8. The Labute approximate surface area is 147 Å². The molecule has 3 atom stereocenters. The molecule has 0 aromatic heterocycles. The topological polar surface area (TPSA) is 32.3 Å². The van der Waals surface area contributed by atoms with Crippen molar-refractivity contribution >= 4 is 34.2 Å². The van der Waals surface area contributed by atoms with Crippen LogP contribution >= 0.6 is 28.3 Å². The van der Waals surface area contributed by atoms with Crippen molar-refractivity contribution < 1.29 is 4.79 Å². The molecule has 1 aliphatic carbocycles. The van der Waals surface area contributed by atoms with Gasteiger partial charge in [0.05, 0.1) is 0 Å². The monoisotopic (exact) mass is 386 g/mol. The molecular weight excluding hydrogens is 364 g/mol. The Morgan fingerprint density at radius 1 is 1.45 bits per heavy atom. The highest BCUT2D eigenvalue weighted by Gasteiger charge is 2.46. The van der Waals surface area contributed by atoms with Crippen molar-refractivity contribution in [1.82, 2.24) is 10.2 Å². The summed E-state index contributed by atoms with van der Waals surface area (Å²) in [6.45, 7) is 2.89. The Kier molecular flexibility index (Phi) is 6.30. The summed E-state index contributed by atoms with van der Waals surface area (Å²) in [7, 11) is 1.99. The number of carbonyl (C=O) groups is 1. The molecule has 1 saturated heterocycles. The van der Waals surface area contributed by atoms with Crippen LogP contribution in [0.1, 0.15) is 30.7 Å². The van der Waals surface area contributed by atoms with Gasteiger partial charge in [0.1, 0.15) is 0 Å². The molecule has 2 fully saturated rings. The van der Waals surface area contributed by atoms with Crippen LogP contribution in [0.5, 0.6) is 0 Å². The van der Waals surface area contributed by atoms with Gasteiger partial charge in [-0.05, 0) is 62.4 Å². The van der Waals surface area contributed by atoms with Gasteiger partial charge in [0.2, 0.25) is 5.91 Å². The molecule has 2 aliphatic rings. The quantitative estimate of drug-likeness (QED) is 0.858. The number of hydrogen-bond acceptors (Lipinski definition) is 2. The molecule has 1 aromatic rings. The van der Waals surface area contributed by atoms with E-state index in [4.69, 9.17) is 0 Å². The number of rotatable bonds is 4. The van der Waals surface area contributed by atoms with Crippen LogP contribution in [-0.2, 0) is 4.79 Å². The van der Waals surface area contributed by atoms with Crippen molar-refractivity contribution in [1.29, 1.82) is 0 Å². The fourth-order valence-electron chi connectivity index (χ4n) is 3.53. The van der Waals surface area contributed by atoms with E-state index in [0.717, 1.165) is 36.9 Å². The number of likely N-dealkylation sites (tertiary alicyclic amines) is 1. The van der Waals surface area contributed by atoms with Gasteiger partial charge in [-0.15, -0.1) is 12.4 Å². The first-order valence-electron chi connectivity index (χ1n) is 7.88. The largest absolute Gasteiger partial charge is 0.342 e. The first kappa shape index (κ1) is 17.8. The van der Waals surface area contributed by atoms with Gasteiger partial charge in [0, 0.05) is 23.5 Å². The van der Waals surface area contributed by atoms with E-state index in [0.29, 0.717) is 17.7 Å². The zero-order valence-corrected chi connectivity index (χ0v) is 15.3. The highest BCUT2D eigenvalue weighted by Crippen LogP contribution is 2.49. The summed E-state index contributed by atoms with van der Waals surface area (Å²) < 4.78 is 1.10. The predicted octanol–water partition coefficient (Wildman–Crippen LogP) is 3.43. The Morgan fingerprint density at radius 2 is 2.27 bits per heavy atom. The minimum Gasteiger partial charge on any atom is -0.342 e. The molecule has 5 heteroatoms. The van der Waals surface area contributed by atoms with E-state index in [1.807, 2.05) is 13.1 Å². The van der Waals surface area contributed by atoms with Crippen LogP contribution in [0.2, 0.25) is 0 Å². The van der Waals surface area contributed by atoms with E-state index in [9.17, 15) is 4.79 Å². The molecular formula is C17H24BrClN2O. The second-order valence-electron chi connectivity index (χ2n) is 6.35. The molecule has 1 aliphatic heterocycles. The lowest BCUT2D eigenvalue weighted by atomic mass is 9.97. The highest BCUT2D eigenvalue weighted by atomic mass is 79.9. The van der Waals surface area contributed by atoms with Gasteiger partial charge < -0.3 is 10.2 Å². The number of halogens is 2.